The number of hydrogen-bond acceptors (Lipinski definition) is 1. The van der Waals surface area contributed by atoms with Gasteiger partial charge in [0.15, 0.2) is 0 Å². The molecule has 1 fully saturated rings. The fraction of sp³-hybridized carbons (Fsp3) is 0.920. The molecular formula is C25H50OSn. The molecule has 0 aromatic carbocycles. The van der Waals surface area contributed by atoms with Crippen LogP contribution in [0.1, 0.15) is 118 Å². The van der Waals surface area contributed by atoms with Gasteiger partial charge in [-0.1, -0.05) is 0 Å². The molecular weight excluding hydrogens is 435 g/mol. The van der Waals surface area contributed by atoms with Crippen molar-refractivity contribution < 1.29 is 5.11 Å². The second-order valence-electron chi connectivity index (χ2n) is 9.28. The molecule has 0 radical (unpaired) electrons. The minimum absolute atomic E-state index is 0.155. The Morgan fingerprint density at radius 3 is 1.74 bits per heavy atom. The molecule has 1 saturated carbocycles. The molecule has 0 saturated heterocycles. The van der Waals surface area contributed by atoms with E-state index in [-0.39, 0.29) is 6.10 Å². The first kappa shape index (κ1) is 25.5. The summed E-state index contributed by atoms with van der Waals surface area (Å²) >= 11 is -2.37. The van der Waals surface area contributed by atoms with Crippen molar-refractivity contribution in [3.05, 3.63) is 9.67 Å². The Bertz CT molecular complexity index is 362. The van der Waals surface area contributed by atoms with Gasteiger partial charge in [0.05, 0.1) is 0 Å². The zero-order valence-electron chi connectivity index (χ0n) is 19.2. The second-order valence-corrected chi connectivity index (χ2v) is 22.7. The van der Waals surface area contributed by atoms with E-state index in [1.165, 1.54) is 103 Å². The third-order valence-electron chi connectivity index (χ3n) is 7.01. The summed E-state index contributed by atoms with van der Waals surface area (Å²) in [5.74, 6) is 0.544. The second kappa shape index (κ2) is 15.4. The number of unbranched alkanes of at least 4 members (excludes halogenated alkanes) is 4. The molecule has 27 heavy (non-hydrogen) atoms. The summed E-state index contributed by atoms with van der Waals surface area (Å²) < 4.78 is 6.47. The van der Waals surface area contributed by atoms with E-state index in [0.29, 0.717) is 5.92 Å². The maximum absolute atomic E-state index is 11.1. The fourth-order valence-electron chi connectivity index (χ4n) is 5.11. The average molecular weight is 485 g/mol. The third-order valence-corrected chi connectivity index (χ3v) is 23.3. The Kier molecular flexibility index (Phi) is 14.5. The summed E-state index contributed by atoms with van der Waals surface area (Å²) in [6.07, 6.45) is 21.0. The maximum atomic E-state index is 11.1. The monoisotopic (exact) mass is 486 g/mol. The number of aliphatic hydroxyl groups excluding tert-OH is 1. The number of allylic oxidation sites excluding steroid dienone is 1. The SMILES string of the molecule is CCCC/[C](=C\C(O)C1CCCCC1)[Sn]([CH2]CCC)([CH2]CCC)[CH2]CCC. The predicted molar refractivity (Wildman–Crippen MR) is 125 cm³/mol. The van der Waals surface area contributed by atoms with Gasteiger partial charge in [-0.3, -0.25) is 0 Å². The van der Waals surface area contributed by atoms with Crippen molar-refractivity contribution >= 4 is 18.4 Å². The van der Waals surface area contributed by atoms with Crippen molar-refractivity contribution in [3.63, 3.8) is 0 Å². The van der Waals surface area contributed by atoms with Crippen LogP contribution in [0.2, 0.25) is 13.3 Å². The van der Waals surface area contributed by atoms with Gasteiger partial charge in [0.25, 0.3) is 0 Å². The van der Waals surface area contributed by atoms with Crippen molar-refractivity contribution in [1.29, 1.82) is 0 Å². The van der Waals surface area contributed by atoms with E-state index in [9.17, 15) is 5.11 Å². The zero-order valence-corrected chi connectivity index (χ0v) is 22.1. The first-order chi connectivity index (χ1) is 13.1. The Morgan fingerprint density at radius 2 is 1.30 bits per heavy atom. The third kappa shape index (κ3) is 9.24. The summed E-state index contributed by atoms with van der Waals surface area (Å²) in [4.78, 5) is 0. The van der Waals surface area contributed by atoms with Crippen LogP contribution in [-0.2, 0) is 0 Å². The van der Waals surface area contributed by atoms with Gasteiger partial charge in [-0.15, -0.1) is 0 Å². The van der Waals surface area contributed by atoms with Crippen LogP contribution >= 0.6 is 0 Å². The van der Waals surface area contributed by atoms with Gasteiger partial charge in [-0.25, -0.2) is 0 Å². The predicted octanol–water partition coefficient (Wildman–Crippen LogP) is 8.43. The van der Waals surface area contributed by atoms with Crippen LogP contribution in [0.3, 0.4) is 0 Å². The van der Waals surface area contributed by atoms with Crippen molar-refractivity contribution in [1.82, 2.24) is 0 Å². The number of hydrogen-bond donors (Lipinski definition) is 1. The molecule has 1 aliphatic carbocycles. The van der Waals surface area contributed by atoms with E-state index >= 15 is 0 Å². The molecule has 0 bridgehead atoms. The molecule has 0 aliphatic heterocycles. The van der Waals surface area contributed by atoms with Crippen LogP contribution in [0.15, 0.2) is 9.67 Å². The molecule has 0 amide bonds. The standard InChI is InChI=1S/C13H23O.3C4H9.Sn/c1-2-3-4-8-11-13(14)12-9-6-5-7-10-12;3*1-3-4-2;/h11-14H,2-7,9-10H2,1H3;3*1,3-4H2,2H3;. The Labute approximate surface area is 175 Å². The summed E-state index contributed by atoms with van der Waals surface area (Å²) in [7, 11) is 0. The summed E-state index contributed by atoms with van der Waals surface area (Å²) in [6.45, 7) is 9.42. The van der Waals surface area contributed by atoms with Gasteiger partial charge in [-0.2, -0.15) is 0 Å². The van der Waals surface area contributed by atoms with Crippen LogP contribution in [0, 0.1) is 5.92 Å². The quantitative estimate of drug-likeness (QED) is 0.231. The Hall–Kier alpha value is 0.499. The molecule has 0 aromatic heterocycles. The summed E-state index contributed by atoms with van der Waals surface area (Å²) in [5.41, 5.74) is 0. The van der Waals surface area contributed by atoms with Crippen LogP contribution in [0.4, 0.5) is 0 Å². The molecule has 1 atom stereocenters. The molecule has 1 rings (SSSR count). The summed E-state index contributed by atoms with van der Waals surface area (Å²) in [5, 5.41) is 11.1. The number of aliphatic hydroxyl groups is 1. The van der Waals surface area contributed by atoms with Gasteiger partial charge >= 0.3 is 176 Å². The van der Waals surface area contributed by atoms with Gasteiger partial charge in [0, 0.05) is 0 Å². The Balaban J connectivity index is 3.13. The van der Waals surface area contributed by atoms with Gasteiger partial charge < -0.3 is 0 Å². The van der Waals surface area contributed by atoms with Crippen LogP contribution in [0.5, 0.6) is 0 Å². The van der Waals surface area contributed by atoms with E-state index in [1.54, 1.807) is 0 Å². The normalized spacial score (nSPS) is 18.0. The average Bonchev–Trinajstić information content (AvgIpc) is 2.71. The topological polar surface area (TPSA) is 20.2 Å². The molecule has 1 aliphatic rings. The molecule has 0 heterocycles. The van der Waals surface area contributed by atoms with Crippen LogP contribution < -0.4 is 0 Å². The van der Waals surface area contributed by atoms with Gasteiger partial charge in [0.1, 0.15) is 0 Å². The van der Waals surface area contributed by atoms with Crippen molar-refractivity contribution in [2.24, 2.45) is 5.92 Å². The van der Waals surface area contributed by atoms with Crippen molar-refractivity contribution in [2.45, 2.75) is 137 Å². The van der Waals surface area contributed by atoms with Gasteiger partial charge in [-0.05, 0) is 0 Å². The van der Waals surface area contributed by atoms with Crippen LogP contribution in [-0.4, -0.2) is 29.6 Å². The van der Waals surface area contributed by atoms with E-state index in [2.05, 4.69) is 33.8 Å². The Morgan fingerprint density at radius 1 is 0.815 bits per heavy atom. The molecule has 160 valence electrons. The molecule has 0 spiro atoms. The molecule has 0 aromatic rings. The van der Waals surface area contributed by atoms with E-state index < -0.39 is 18.4 Å². The van der Waals surface area contributed by atoms with Gasteiger partial charge in [0.2, 0.25) is 0 Å². The van der Waals surface area contributed by atoms with Crippen molar-refractivity contribution in [2.75, 3.05) is 0 Å². The number of rotatable bonds is 15. The van der Waals surface area contributed by atoms with E-state index in [1.807, 2.05) is 3.59 Å². The fourth-order valence-corrected chi connectivity index (χ4v) is 22.3. The molecule has 2 heteroatoms. The first-order valence-electron chi connectivity index (χ1n) is 12.5. The minimum atomic E-state index is -2.37. The van der Waals surface area contributed by atoms with Crippen molar-refractivity contribution in [3.8, 4) is 0 Å². The van der Waals surface area contributed by atoms with E-state index in [0.717, 1.165) is 0 Å². The first-order valence-corrected chi connectivity index (χ1v) is 20.0. The summed E-state index contributed by atoms with van der Waals surface area (Å²) in [6, 6.07) is 0. The molecule has 1 N–H and O–H groups in total. The molecule has 1 unspecified atom stereocenters. The van der Waals surface area contributed by atoms with Crippen LogP contribution in [0.25, 0.3) is 0 Å². The van der Waals surface area contributed by atoms with E-state index in [4.69, 9.17) is 0 Å². The zero-order chi connectivity index (χ0) is 20.0. The molecule has 1 nitrogen and oxygen atoms in total.